The van der Waals surface area contributed by atoms with Gasteiger partial charge in [-0.3, -0.25) is 4.79 Å². The Bertz CT molecular complexity index is 1380. The molecule has 4 heterocycles. The van der Waals surface area contributed by atoms with Crippen molar-refractivity contribution in [2.24, 2.45) is 0 Å². The number of hydrogen-bond donors (Lipinski definition) is 0. The Balaban J connectivity index is 1.16. The molecule has 0 spiro atoms. The second kappa shape index (κ2) is 9.41. The van der Waals surface area contributed by atoms with E-state index in [0.29, 0.717) is 25.6 Å². The highest BCUT2D eigenvalue weighted by Gasteiger charge is 2.37. The van der Waals surface area contributed by atoms with E-state index in [1.54, 1.807) is 0 Å². The first-order valence-electron chi connectivity index (χ1n) is 12.9. The van der Waals surface area contributed by atoms with Crippen molar-refractivity contribution in [1.29, 1.82) is 0 Å². The molecular weight excluding hydrogens is 454 g/mol. The summed E-state index contributed by atoms with van der Waals surface area (Å²) in [6, 6.07) is 13.6. The minimum atomic E-state index is -0.217. The van der Waals surface area contributed by atoms with Crippen molar-refractivity contribution < 1.29 is 13.9 Å². The number of carbonyl (C=O) groups is 1. The van der Waals surface area contributed by atoms with Crippen LogP contribution in [0.2, 0.25) is 0 Å². The first kappa shape index (κ1) is 22.8. The van der Waals surface area contributed by atoms with Crippen LogP contribution in [0.15, 0.2) is 46.9 Å². The predicted octanol–water partition coefficient (Wildman–Crippen LogP) is 4.85. The number of amides is 1. The molecule has 36 heavy (non-hydrogen) atoms. The van der Waals surface area contributed by atoms with E-state index in [4.69, 9.17) is 19.1 Å². The molecule has 2 aromatic heterocycles. The predicted molar refractivity (Wildman–Crippen MR) is 138 cm³/mol. The SMILES string of the molecule is CCOc1ccc2nc(N3CCCC3C(=O)N3CCC(c4nc5ccccc5o4)CC3)nc(C)c2c1. The lowest BCUT2D eigenvalue weighted by Gasteiger charge is -2.34. The summed E-state index contributed by atoms with van der Waals surface area (Å²) >= 11 is 0. The number of piperidine rings is 1. The third-order valence-corrected chi connectivity index (χ3v) is 7.42. The summed E-state index contributed by atoms with van der Waals surface area (Å²) in [5.74, 6) is 2.67. The van der Waals surface area contributed by atoms with Crippen molar-refractivity contribution in [2.45, 2.75) is 51.5 Å². The van der Waals surface area contributed by atoms with Gasteiger partial charge in [-0.15, -0.1) is 0 Å². The molecule has 1 unspecified atom stereocenters. The second-order valence-corrected chi connectivity index (χ2v) is 9.69. The van der Waals surface area contributed by atoms with Gasteiger partial charge in [0.05, 0.1) is 17.8 Å². The Hall–Kier alpha value is -3.68. The summed E-state index contributed by atoms with van der Waals surface area (Å²) < 4.78 is 11.6. The van der Waals surface area contributed by atoms with Gasteiger partial charge in [0.25, 0.3) is 0 Å². The zero-order valence-electron chi connectivity index (χ0n) is 20.8. The number of aromatic nitrogens is 3. The number of carbonyl (C=O) groups excluding carboxylic acids is 1. The van der Waals surface area contributed by atoms with Crippen LogP contribution < -0.4 is 9.64 Å². The quantitative estimate of drug-likeness (QED) is 0.399. The van der Waals surface area contributed by atoms with Crippen molar-refractivity contribution in [2.75, 3.05) is 31.1 Å². The number of likely N-dealkylation sites (tertiary alicyclic amines) is 1. The molecule has 0 radical (unpaired) electrons. The number of fused-ring (bicyclic) bond motifs is 2. The van der Waals surface area contributed by atoms with E-state index >= 15 is 0 Å². The van der Waals surface area contributed by atoms with Crippen LogP contribution in [0.3, 0.4) is 0 Å². The molecule has 0 saturated carbocycles. The van der Waals surface area contributed by atoms with Crippen LogP contribution in [-0.2, 0) is 4.79 Å². The van der Waals surface area contributed by atoms with Gasteiger partial charge in [0.1, 0.15) is 17.3 Å². The zero-order chi connectivity index (χ0) is 24.6. The van der Waals surface area contributed by atoms with Crippen molar-refractivity contribution in [3.05, 3.63) is 54.0 Å². The van der Waals surface area contributed by atoms with Crippen LogP contribution in [0.25, 0.3) is 22.0 Å². The maximum atomic E-state index is 13.6. The van der Waals surface area contributed by atoms with Crippen molar-refractivity contribution >= 4 is 33.9 Å². The van der Waals surface area contributed by atoms with Gasteiger partial charge in [-0.2, -0.15) is 0 Å². The molecule has 8 nitrogen and oxygen atoms in total. The number of rotatable bonds is 5. The lowest BCUT2D eigenvalue weighted by atomic mass is 9.96. The third kappa shape index (κ3) is 4.14. The maximum Gasteiger partial charge on any atom is 0.245 e. The molecule has 2 aliphatic rings. The minimum absolute atomic E-state index is 0.177. The van der Waals surface area contributed by atoms with E-state index in [0.717, 1.165) is 71.6 Å². The highest BCUT2D eigenvalue weighted by molar-refractivity contribution is 5.87. The monoisotopic (exact) mass is 485 g/mol. The van der Waals surface area contributed by atoms with Gasteiger partial charge in [0.2, 0.25) is 11.9 Å². The summed E-state index contributed by atoms with van der Waals surface area (Å²) in [5.41, 5.74) is 3.49. The van der Waals surface area contributed by atoms with Gasteiger partial charge < -0.3 is 19.0 Å². The topological polar surface area (TPSA) is 84.6 Å². The number of aryl methyl sites for hydroxylation is 1. The van der Waals surface area contributed by atoms with Crippen molar-refractivity contribution in [3.8, 4) is 5.75 Å². The van der Waals surface area contributed by atoms with Crippen LogP contribution >= 0.6 is 0 Å². The lowest BCUT2D eigenvalue weighted by molar-refractivity contribution is -0.133. The summed E-state index contributed by atoms with van der Waals surface area (Å²) in [5, 5.41) is 0.980. The Morgan fingerprint density at radius 1 is 1.03 bits per heavy atom. The number of anilines is 1. The summed E-state index contributed by atoms with van der Waals surface area (Å²) in [6.07, 6.45) is 3.51. The van der Waals surface area contributed by atoms with Crippen LogP contribution in [0, 0.1) is 6.92 Å². The largest absolute Gasteiger partial charge is 0.494 e. The maximum absolute atomic E-state index is 13.6. The molecule has 8 heteroatoms. The van der Waals surface area contributed by atoms with Gasteiger partial charge in [0, 0.05) is 30.9 Å². The number of para-hydroxylation sites is 2. The molecule has 186 valence electrons. The van der Waals surface area contributed by atoms with Gasteiger partial charge in [-0.05, 0) is 69.9 Å². The van der Waals surface area contributed by atoms with E-state index < -0.39 is 0 Å². The molecule has 0 aliphatic carbocycles. The summed E-state index contributed by atoms with van der Waals surface area (Å²) in [4.78, 5) is 32.0. The van der Waals surface area contributed by atoms with Crippen LogP contribution in [0.5, 0.6) is 5.75 Å². The normalized spacial score (nSPS) is 18.9. The van der Waals surface area contributed by atoms with Crippen molar-refractivity contribution in [1.82, 2.24) is 19.9 Å². The van der Waals surface area contributed by atoms with E-state index in [2.05, 4.69) is 9.88 Å². The summed E-state index contributed by atoms with van der Waals surface area (Å²) in [6.45, 7) is 6.80. The average Bonchev–Trinajstić information content (AvgIpc) is 3.56. The molecule has 6 rings (SSSR count). The van der Waals surface area contributed by atoms with Crippen molar-refractivity contribution in [3.63, 3.8) is 0 Å². The number of nitrogens with zero attached hydrogens (tertiary/aromatic N) is 5. The van der Waals surface area contributed by atoms with Gasteiger partial charge in [0.15, 0.2) is 11.5 Å². The fraction of sp³-hybridized carbons (Fsp3) is 0.429. The fourth-order valence-electron chi connectivity index (χ4n) is 5.52. The first-order valence-corrected chi connectivity index (χ1v) is 12.9. The number of ether oxygens (including phenoxy) is 1. The highest BCUT2D eigenvalue weighted by atomic mass is 16.5. The molecule has 4 aromatic rings. The molecular formula is C28H31N5O3. The van der Waals surface area contributed by atoms with E-state index in [-0.39, 0.29) is 17.9 Å². The fourth-order valence-corrected chi connectivity index (χ4v) is 5.52. The number of hydrogen-bond acceptors (Lipinski definition) is 7. The Kier molecular flexibility index (Phi) is 5.95. The first-order chi connectivity index (χ1) is 17.6. The molecule has 0 N–H and O–H groups in total. The Morgan fingerprint density at radius 3 is 2.67 bits per heavy atom. The molecule has 2 saturated heterocycles. The molecule has 1 atom stereocenters. The minimum Gasteiger partial charge on any atom is -0.494 e. The molecule has 1 amide bonds. The highest BCUT2D eigenvalue weighted by Crippen LogP contribution is 2.32. The van der Waals surface area contributed by atoms with E-state index in [9.17, 15) is 4.79 Å². The molecule has 2 aliphatic heterocycles. The van der Waals surface area contributed by atoms with Crippen LogP contribution in [0.1, 0.15) is 50.1 Å². The number of benzene rings is 2. The lowest BCUT2D eigenvalue weighted by Crippen LogP contribution is -2.48. The van der Waals surface area contributed by atoms with E-state index in [1.807, 2.05) is 61.2 Å². The zero-order valence-corrected chi connectivity index (χ0v) is 20.8. The standard InChI is InChI=1S/C28H31N5O3/c1-3-35-20-10-11-22-21(17-20)18(2)29-28(31-22)33-14-6-8-24(33)27(34)32-15-12-19(13-16-32)26-30-23-7-4-5-9-25(23)36-26/h4-5,7,9-11,17,19,24H,3,6,8,12-16H2,1-2H3. The van der Waals surface area contributed by atoms with E-state index in [1.165, 1.54) is 0 Å². The second-order valence-electron chi connectivity index (χ2n) is 9.69. The van der Waals surface area contributed by atoms with Gasteiger partial charge in [-0.1, -0.05) is 12.1 Å². The van der Waals surface area contributed by atoms with Crippen LogP contribution in [-0.4, -0.2) is 58.0 Å². The average molecular weight is 486 g/mol. The smallest absolute Gasteiger partial charge is 0.245 e. The number of oxazole rings is 1. The third-order valence-electron chi connectivity index (χ3n) is 7.42. The van der Waals surface area contributed by atoms with Crippen LogP contribution in [0.4, 0.5) is 5.95 Å². The van der Waals surface area contributed by atoms with Gasteiger partial charge in [-0.25, -0.2) is 15.0 Å². The molecule has 2 fully saturated rings. The molecule has 2 aromatic carbocycles. The Morgan fingerprint density at radius 2 is 1.86 bits per heavy atom. The molecule has 0 bridgehead atoms. The van der Waals surface area contributed by atoms with Gasteiger partial charge >= 0.3 is 0 Å². The summed E-state index contributed by atoms with van der Waals surface area (Å²) in [7, 11) is 0. The Labute approximate surface area is 210 Å².